The number of amides is 1. The normalized spacial score (nSPS) is 29.4. The Balaban J connectivity index is 1.41. The van der Waals surface area contributed by atoms with Crippen LogP contribution >= 0.6 is 0 Å². The SMILES string of the molecule is N#Cc1ccc(N2CCN(C(=O)C34CNCC3CNC4)CC2)cc1. The van der Waals surface area contributed by atoms with E-state index in [1.165, 1.54) is 0 Å². The first kappa shape index (κ1) is 15.4. The van der Waals surface area contributed by atoms with Crippen LogP contribution in [0.15, 0.2) is 24.3 Å². The highest BCUT2D eigenvalue weighted by atomic mass is 16.2. The molecule has 4 rings (SSSR count). The molecule has 6 nitrogen and oxygen atoms in total. The van der Waals surface area contributed by atoms with Gasteiger partial charge in [-0.2, -0.15) is 5.26 Å². The third-order valence-electron chi connectivity index (χ3n) is 5.80. The van der Waals surface area contributed by atoms with Crippen LogP contribution in [0.2, 0.25) is 0 Å². The summed E-state index contributed by atoms with van der Waals surface area (Å²) < 4.78 is 0. The third-order valence-corrected chi connectivity index (χ3v) is 5.80. The number of fused-ring (bicyclic) bond motifs is 1. The van der Waals surface area contributed by atoms with Crippen LogP contribution in [-0.4, -0.2) is 63.2 Å². The maximum Gasteiger partial charge on any atom is 0.231 e. The lowest BCUT2D eigenvalue weighted by molar-refractivity contribution is -0.141. The summed E-state index contributed by atoms with van der Waals surface area (Å²) in [5.41, 5.74) is 1.58. The largest absolute Gasteiger partial charge is 0.368 e. The Morgan fingerprint density at radius 2 is 1.71 bits per heavy atom. The second kappa shape index (κ2) is 6.08. The molecular weight excluding hydrogens is 302 g/mol. The number of piperazine rings is 1. The van der Waals surface area contributed by atoms with E-state index in [-0.39, 0.29) is 5.41 Å². The highest BCUT2D eigenvalue weighted by Gasteiger charge is 2.53. The van der Waals surface area contributed by atoms with Crippen molar-refractivity contribution < 1.29 is 4.79 Å². The zero-order valence-electron chi connectivity index (χ0n) is 13.8. The van der Waals surface area contributed by atoms with Crippen LogP contribution in [0.25, 0.3) is 0 Å². The molecule has 3 heterocycles. The van der Waals surface area contributed by atoms with E-state index >= 15 is 0 Å². The predicted molar refractivity (Wildman–Crippen MR) is 91.6 cm³/mol. The number of hydrogen-bond acceptors (Lipinski definition) is 5. The van der Waals surface area contributed by atoms with E-state index in [0.29, 0.717) is 17.4 Å². The van der Waals surface area contributed by atoms with Gasteiger partial charge in [0.1, 0.15) is 0 Å². The highest BCUT2D eigenvalue weighted by Crippen LogP contribution is 2.37. The maximum absolute atomic E-state index is 13.1. The molecule has 3 aliphatic heterocycles. The summed E-state index contributed by atoms with van der Waals surface area (Å²) in [4.78, 5) is 17.5. The van der Waals surface area contributed by atoms with Crippen molar-refractivity contribution in [2.75, 3.05) is 57.3 Å². The van der Waals surface area contributed by atoms with Crippen LogP contribution in [0.4, 0.5) is 5.69 Å². The molecule has 3 aliphatic rings. The standard InChI is InChI=1S/C18H23N5O/c19-9-14-1-3-16(4-2-14)22-5-7-23(8-6-22)17(24)18-12-20-10-15(18)11-21-13-18/h1-4,15,20-21H,5-8,10-13H2. The number of nitrogens with one attached hydrogen (secondary N) is 2. The first-order valence-electron chi connectivity index (χ1n) is 8.69. The zero-order chi connectivity index (χ0) is 16.6. The fourth-order valence-electron chi connectivity index (χ4n) is 4.31. The summed E-state index contributed by atoms with van der Waals surface area (Å²) in [5, 5.41) is 15.7. The highest BCUT2D eigenvalue weighted by molar-refractivity contribution is 5.85. The minimum atomic E-state index is -0.226. The van der Waals surface area contributed by atoms with Crippen molar-refractivity contribution in [3.63, 3.8) is 0 Å². The summed E-state index contributed by atoms with van der Waals surface area (Å²) >= 11 is 0. The number of carbonyl (C=O) groups excluding carboxylic acids is 1. The number of anilines is 1. The van der Waals surface area contributed by atoms with Crippen molar-refractivity contribution >= 4 is 11.6 Å². The first-order valence-corrected chi connectivity index (χ1v) is 8.69. The molecule has 0 aromatic heterocycles. The van der Waals surface area contributed by atoms with Crippen LogP contribution in [0.5, 0.6) is 0 Å². The minimum absolute atomic E-state index is 0.226. The Kier molecular flexibility index (Phi) is 3.91. The Morgan fingerprint density at radius 3 is 2.29 bits per heavy atom. The number of hydrogen-bond donors (Lipinski definition) is 2. The fourth-order valence-corrected chi connectivity index (χ4v) is 4.31. The van der Waals surface area contributed by atoms with Gasteiger partial charge in [0.2, 0.25) is 5.91 Å². The summed E-state index contributed by atoms with van der Waals surface area (Å²) in [6.45, 7) is 6.74. The molecule has 0 radical (unpaired) electrons. The van der Waals surface area contributed by atoms with Gasteiger partial charge < -0.3 is 20.4 Å². The molecular formula is C18H23N5O. The van der Waals surface area contributed by atoms with Crippen LogP contribution in [0.1, 0.15) is 5.56 Å². The van der Waals surface area contributed by atoms with Gasteiger partial charge in [0.15, 0.2) is 0 Å². The zero-order valence-corrected chi connectivity index (χ0v) is 13.8. The molecule has 3 saturated heterocycles. The number of nitriles is 1. The van der Waals surface area contributed by atoms with Crippen molar-refractivity contribution in [1.29, 1.82) is 5.26 Å². The van der Waals surface area contributed by atoms with Crippen LogP contribution in [-0.2, 0) is 4.79 Å². The Bertz CT molecular complexity index is 647. The lowest BCUT2D eigenvalue weighted by atomic mass is 9.79. The Labute approximate surface area is 142 Å². The van der Waals surface area contributed by atoms with Gasteiger partial charge in [-0.1, -0.05) is 0 Å². The lowest BCUT2D eigenvalue weighted by Crippen LogP contribution is -2.55. The Hall–Kier alpha value is -2.10. The smallest absolute Gasteiger partial charge is 0.231 e. The molecule has 0 atom stereocenters. The van der Waals surface area contributed by atoms with Gasteiger partial charge in [-0.25, -0.2) is 0 Å². The van der Waals surface area contributed by atoms with Gasteiger partial charge in [-0.3, -0.25) is 4.79 Å². The summed E-state index contributed by atoms with van der Waals surface area (Å²) in [6, 6.07) is 9.84. The van der Waals surface area contributed by atoms with E-state index in [0.717, 1.165) is 58.0 Å². The summed E-state index contributed by atoms with van der Waals surface area (Å²) in [6.07, 6.45) is 0. The maximum atomic E-state index is 13.1. The molecule has 6 heteroatoms. The average molecular weight is 325 g/mol. The van der Waals surface area contributed by atoms with Gasteiger partial charge in [0.05, 0.1) is 17.0 Å². The molecule has 2 N–H and O–H groups in total. The number of nitrogens with zero attached hydrogens (tertiary/aromatic N) is 3. The van der Waals surface area contributed by atoms with Crippen molar-refractivity contribution in [2.24, 2.45) is 11.3 Å². The minimum Gasteiger partial charge on any atom is -0.368 e. The van der Waals surface area contributed by atoms with Crippen LogP contribution < -0.4 is 15.5 Å². The van der Waals surface area contributed by atoms with Gasteiger partial charge in [-0.05, 0) is 24.3 Å². The van der Waals surface area contributed by atoms with E-state index < -0.39 is 0 Å². The molecule has 0 saturated carbocycles. The fraction of sp³-hybridized carbons (Fsp3) is 0.556. The molecule has 126 valence electrons. The number of rotatable bonds is 2. The summed E-state index contributed by atoms with van der Waals surface area (Å²) in [5.74, 6) is 0.753. The molecule has 1 aromatic rings. The molecule has 0 aliphatic carbocycles. The molecule has 1 amide bonds. The number of carbonyl (C=O) groups is 1. The van der Waals surface area contributed by atoms with Crippen LogP contribution in [0, 0.1) is 22.7 Å². The molecule has 3 fully saturated rings. The second-order valence-electron chi connectivity index (χ2n) is 7.05. The molecule has 0 unspecified atom stereocenters. The first-order chi connectivity index (χ1) is 11.7. The van der Waals surface area contributed by atoms with E-state index in [2.05, 4.69) is 21.6 Å². The number of benzene rings is 1. The van der Waals surface area contributed by atoms with Crippen molar-refractivity contribution in [3.8, 4) is 6.07 Å². The van der Waals surface area contributed by atoms with Gasteiger partial charge in [0, 0.05) is 64.0 Å². The quantitative estimate of drug-likeness (QED) is 0.802. The predicted octanol–water partition coefficient (Wildman–Crippen LogP) is 0.0159. The molecule has 24 heavy (non-hydrogen) atoms. The molecule has 0 spiro atoms. The third kappa shape index (κ3) is 2.45. The average Bonchev–Trinajstić information content (AvgIpc) is 3.22. The van der Waals surface area contributed by atoms with Crippen molar-refractivity contribution in [3.05, 3.63) is 29.8 Å². The van der Waals surface area contributed by atoms with E-state index in [9.17, 15) is 4.79 Å². The van der Waals surface area contributed by atoms with Crippen LogP contribution in [0.3, 0.4) is 0 Å². The van der Waals surface area contributed by atoms with E-state index in [1.54, 1.807) is 0 Å². The van der Waals surface area contributed by atoms with Gasteiger partial charge in [-0.15, -0.1) is 0 Å². The summed E-state index contributed by atoms with van der Waals surface area (Å²) in [7, 11) is 0. The van der Waals surface area contributed by atoms with E-state index in [1.807, 2.05) is 29.2 Å². The lowest BCUT2D eigenvalue weighted by Gasteiger charge is -2.40. The topological polar surface area (TPSA) is 71.4 Å². The van der Waals surface area contributed by atoms with Crippen molar-refractivity contribution in [1.82, 2.24) is 15.5 Å². The van der Waals surface area contributed by atoms with Crippen molar-refractivity contribution in [2.45, 2.75) is 0 Å². The monoisotopic (exact) mass is 325 g/mol. The Morgan fingerprint density at radius 1 is 1.08 bits per heavy atom. The molecule has 0 bridgehead atoms. The second-order valence-corrected chi connectivity index (χ2v) is 7.05. The van der Waals surface area contributed by atoms with Gasteiger partial charge >= 0.3 is 0 Å². The molecule has 1 aromatic carbocycles. The van der Waals surface area contributed by atoms with E-state index in [4.69, 9.17) is 5.26 Å². The van der Waals surface area contributed by atoms with Gasteiger partial charge in [0.25, 0.3) is 0 Å².